The summed E-state index contributed by atoms with van der Waals surface area (Å²) < 4.78 is 5.57. The van der Waals surface area contributed by atoms with Crippen LogP contribution in [0.1, 0.15) is 39.5 Å². The number of hydrogen-bond donors (Lipinski definition) is 2. The minimum atomic E-state index is -0.283. The highest BCUT2D eigenvalue weighted by Crippen LogP contribution is 2.07. The van der Waals surface area contributed by atoms with E-state index in [1.807, 2.05) is 7.05 Å². The molecule has 0 saturated carbocycles. The van der Waals surface area contributed by atoms with E-state index in [2.05, 4.69) is 19.2 Å². The summed E-state index contributed by atoms with van der Waals surface area (Å²) in [6, 6.07) is 0. The molecule has 0 fully saturated rings. The number of rotatable bonds is 8. The van der Waals surface area contributed by atoms with Gasteiger partial charge in [0.15, 0.2) is 6.29 Å². The first-order chi connectivity index (χ1) is 6.28. The van der Waals surface area contributed by atoms with E-state index < -0.39 is 0 Å². The lowest BCUT2D eigenvalue weighted by molar-refractivity contribution is -0.183. The first-order valence-corrected chi connectivity index (χ1v) is 4.96. The van der Waals surface area contributed by atoms with Crippen LogP contribution in [0.3, 0.4) is 0 Å². The monoisotopic (exact) mass is 190 g/mol. The normalized spacial score (nSPS) is 15.7. The van der Waals surface area contributed by atoms with Crippen molar-refractivity contribution in [3.63, 3.8) is 0 Å². The summed E-state index contributed by atoms with van der Waals surface area (Å²) >= 11 is 0. The zero-order chi connectivity index (χ0) is 10.1. The van der Waals surface area contributed by atoms with Crippen LogP contribution >= 0.6 is 0 Å². The van der Waals surface area contributed by atoms with Gasteiger partial charge in [0.1, 0.15) is 6.23 Å². The predicted molar refractivity (Wildman–Crippen MR) is 52.8 cm³/mol. The number of ether oxygens (including phenoxy) is 1. The van der Waals surface area contributed by atoms with Gasteiger partial charge in [-0.05, 0) is 19.9 Å². The Bertz CT molecular complexity index is 99.8. The zero-order valence-electron chi connectivity index (χ0n) is 8.88. The molecule has 0 aliphatic rings. The molecular weight excluding hydrogens is 168 g/mol. The van der Waals surface area contributed by atoms with Crippen molar-refractivity contribution in [3.8, 4) is 0 Å². The Hall–Kier alpha value is -0.160. The molecule has 0 amide bonds. The number of nitrogens with two attached hydrogens (primary N) is 1. The summed E-state index contributed by atoms with van der Waals surface area (Å²) in [4.78, 5) is 4.71. The van der Waals surface area contributed by atoms with Gasteiger partial charge in [-0.15, -0.1) is 0 Å². The lowest BCUT2D eigenvalue weighted by Crippen LogP contribution is -2.35. The van der Waals surface area contributed by atoms with Crippen LogP contribution in [0.4, 0.5) is 0 Å². The Kier molecular flexibility index (Phi) is 8.33. The number of nitrogens with one attached hydrogen (secondary N) is 1. The Morgan fingerprint density at radius 2 is 1.85 bits per heavy atom. The molecule has 0 saturated heterocycles. The van der Waals surface area contributed by atoms with E-state index in [0.717, 1.165) is 25.7 Å². The maximum Gasteiger partial charge on any atom is 0.178 e. The Labute approximate surface area is 80.7 Å². The maximum atomic E-state index is 5.57. The van der Waals surface area contributed by atoms with Crippen LogP contribution in [0.15, 0.2) is 0 Å². The zero-order valence-corrected chi connectivity index (χ0v) is 8.88. The summed E-state index contributed by atoms with van der Waals surface area (Å²) in [6.45, 7) is 4.19. The van der Waals surface area contributed by atoms with Gasteiger partial charge in [-0.2, -0.15) is 0 Å². The minimum absolute atomic E-state index is 0.0464. The predicted octanol–water partition coefficient (Wildman–Crippen LogP) is 1.37. The Balaban J connectivity index is 3.73. The van der Waals surface area contributed by atoms with Crippen molar-refractivity contribution in [2.24, 2.45) is 5.90 Å². The number of hydrogen-bond acceptors (Lipinski definition) is 4. The average molecular weight is 190 g/mol. The molecule has 0 heterocycles. The molecule has 4 heteroatoms. The van der Waals surface area contributed by atoms with Crippen molar-refractivity contribution < 1.29 is 9.57 Å². The summed E-state index contributed by atoms with van der Waals surface area (Å²) in [7, 11) is 1.87. The fourth-order valence-electron chi connectivity index (χ4n) is 1.13. The van der Waals surface area contributed by atoms with Crippen LogP contribution in [0.5, 0.6) is 0 Å². The van der Waals surface area contributed by atoms with Gasteiger partial charge in [0.05, 0.1) is 0 Å². The highest BCUT2D eigenvalue weighted by Gasteiger charge is 2.13. The lowest BCUT2D eigenvalue weighted by Gasteiger charge is -2.22. The van der Waals surface area contributed by atoms with Crippen molar-refractivity contribution >= 4 is 0 Å². The van der Waals surface area contributed by atoms with Crippen molar-refractivity contribution in [3.05, 3.63) is 0 Å². The second kappa shape index (κ2) is 8.44. The molecule has 0 spiro atoms. The molecule has 0 radical (unpaired) electrons. The molecule has 0 aromatic rings. The molecule has 2 unspecified atom stereocenters. The molecule has 0 aromatic heterocycles. The van der Waals surface area contributed by atoms with Crippen molar-refractivity contribution in [2.45, 2.75) is 52.0 Å². The van der Waals surface area contributed by atoms with E-state index in [4.69, 9.17) is 15.5 Å². The highest BCUT2D eigenvalue weighted by molar-refractivity contribution is 4.53. The molecule has 0 aromatic carbocycles. The summed E-state index contributed by atoms with van der Waals surface area (Å²) in [5.41, 5.74) is 0. The first-order valence-electron chi connectivity index (χ1n) is 4.96. The highest BCUT2D eigenvalue weighted by atomic mass is 16.8. The van der Waals surface area contributed by atoms with Crippen LogP contribution in [-0.2, 0) is 9.57 Å². The summed E-state index contributed by atoms with van der Waals surface area (Å²) in [5, 5.41) is 3.07. The van der Waals surface area contributed by atoms with Crippen LogP contribution in [0.25, 0.3) is 0 Å². The van der Waals surface area contributed by atoms with E-state index in [9.17, 15) is 0 Å². The standard InChI is InChI=1S/C9H22N2O2/c1-4-6-8(11-3)12-9(13-10)7-5-2/h8-9,11H,4-7,10H2,1-3H3. The van der Waals surface area contributed by atoms with Crippen LogP contribution < -0.4 is 11.2 Å². The Morgan fingerprint density at radius 1 is 1.23 bits per heavy atom. The van der Waals surface area contributed by atoms with Crippen LogP contribution in [0.2, 0.25) is 0 Å². The third kappa shape index (κ3) is 5.99. The van der Waals surface area contributed by atoms with Gasteiger partial charge in [-0.1, -0.05) is 26.7 Å². The molecule has 0 aliphatic heterocycles. The second-order valence-electron chi connectivity index (χ2n) is 3.06. The van der Waals surface area contributed by atoms with E-state index in [1.54, 1.807) is 0 Å². The van der Waals surface area contributed by atoms with Crippen molar-refractivity contribution in [1.29, 1.82) is 0 Å². The minimum Gasteiger partial charge on any atom is -0.333 e. The van der Waals surface area contributed by atoms with E-state index in [0.29, 0.717) is 0 Å². The SMILES string of the molecule is CCCC(NC)OC(CCC)ON. The summed E-state index contributed by atoms with van der Waals surface area (Å²) in [6.07, 6.45) is 3.65. The first kappa shape index (κ1) is 12.8. The van der Waals surface area contributed by atoms with E-state index in [1.165, 1.54) is 0 Å². The van der Waals surface area contributed by atoms with Crippen molar-refractivity contribution in [2.75, 3.05) is 7.05 Å². The van der Waals surface area contributed by atoms with Crippen LogP contribution in [-0.4, -0.2) is 19.6 Å². The average Bonchev–Trinajstić information content (AvgIpc) is 2.16. The van der Waals surface area contributed by atoms with Gasteiger partial charge in [0.2, 0.25) is 0 Å². The van der Waals surface area contributed by atoms with E-state index >= 15 is 0 Å². The topological polar surface area (TPSA) is 56.5 Å². The second-order valence-corrected chi connectivity index (χ2v) is 3.06. The fraction of sp³-hybridized carbons (Fsp3) is 1.00. The van der Waals surface area contributed by atoms with E-state index in [-0.39, 0.29) is 12.5 Å². The smallest absolute Gasteiger partial charge is 0.178 e. The quantitative estimate of drug-likeness (QED) is 0.448. The molecule has 4 nitrogen and oxygen atoms in total. The largest absolute Gasteiger partial charge is 0.333 e. The third-order valence-electron chi connectivity index (χ3n) is 1.87. The molecule has 3 N–H and O–H groups in total. The van der Waals surface area contributed by atoms with Gasteiger partial charge in [-0.25, -0.2) is 5.90 Å². The third-order valence-corrected chi connectivity index (χ3v) is 1.87. The Morgan fingerprint density at radius 3 is 2.23 bits per heavy atom. The fourth-order valence-corrected chi connectivity index (χ4v) is 1.13. The van der Waals surface area contributed by atoms with Crippen molar-refractivity contribution in [1.82, 2.24) is 5.32 Å². The van der Waals surface area contributed by atoms with Gasteiger partial charge < -0.3 is 4.74 Å². The lowest BCUT2D eigenvalue weighted by atomic mass is 10.3. The molecule has 80 valence electrons. The molecule has 13 heavy (non-hydrogen) atoms. The van der Waals surface area contributed by atoms with Gasteiger partial charge in [-0.3, -0.25) is 10.2 Å². The maximum absolute atomic E-state index is 5.57. The van der Waals surface area contributed by atoms with Crippen LogP contribution in [0, 0.1) is 0 Å². The molecule has 0 bridgehead atoms. The molecule has 0 aliphatic carbocycles. The van der Waals surface area contributed by atoms with Gasteiger partial charge >= 0.3 is 0 Å². The molecule has 0 rings (SSSR count). The summed E-state index contributed by atoms with van der Waals surface area (Å²) in [5.74, 6) is 5.11. The van der Waals surface area contributed by atoms with Gasteiger partial charge in [0, 0.05) is 0 Å². The van der Waals surface area contributed by atoms with Gasteiger partial charge in [0.25, 0.3) is 0 Å². The molecule has 2 atom stereocenters. The molecular formula is C9H22N2O2.